The summed E-state index contributed by atoms with van der Waals surface area (Å²) in [7, 11) is 1.89. The van der Waals surface area contributed by atoms with E-state index in [0.717, 1.165) is 45.8 Å². The average molecular weight is 246 g/mol. The number of carbonyl (C=O) groups is 1. The summed E-state index contributed by atoms with van der Waals surface area (Å²) in [6.45, 7) is 5.68. The van der Waals surface area contributed by atoms with Gasteiger partial charge in [-0.25, -0.2) is 0 Å². The Kier molecular flexibility index (Phi) is 6.84. The van der Waals surface area contributed by atoms with E-state index in [1.165, 1.54) is 0 Å². The van der Waals surface area contributed by atoms with Crippen molar-refractivity contribution in [1.82, 2.24) is 9.80 Å². The van der Waals surface area contributed by atoms with Crippen LogP contribution in [0, 0.1) is 0 Å². The molecule has 5 heteroatoms. The zero-order chi connectivity index (χ0) is 11.8. The van der Waals surface area contributed by atoms with E-state index in [9.17, 15) is 4.79 Å². The van der Waals surface area contributed by atoms with Crippen LogP contribution in [0.5, 0.6) is 0 Å². The molecule has 0 N–H and O–H groups in total. The molecule has 0 radical (unpaired) electrons. The van der Waals surface area contributed by atoms with E-state index >= 15 is 0 Å². The third kappa shape index (κ3) is 5.18. The van der Waals surface area contributed by atoms with Crippen molar-refractivity contribution in [1.29, 1.82) is 0 Å². The molecular weight excluding hydrogens is 224 g/mol. The van der Waals surface area contributed by atoms with E-state index in [4.69, 9.17) is 4.74 Å². The molecule has 4 nitrogen and oxygen atoms in total. The van der Waals surface area contributed by atoms with Gasteiger partial charge in [0.25, 0.3) is 0 Å². The second-order valence-electron chi connectivity index (χ2n) is 4.06. The monoisotopic (exact) mass is 246 g/mol. The van der Waals surface area contributed by atoms with Crippen LogP contribution in [0.2, 0.25) is 0 Å². The van der Waals surface area contributed by atoms with Crippen molar-refractivity contribution >= 4 is 17.7 Å². The van der Waals surface area contributed by atoms with E-state index in [1.54, 1.807) is 11.8 Å². The molecule has 1 aliphatic heterocycles. The Morgan fingerprint density at radius 1 is 1.44 bits per heavy atom. The van der Waals surface area contributed by atoms with E-state index in [2.05, 4.69) is 4.90 Å². The Bertz CT molecular complexity index is 208. The molecule has 16 heavy (non-hydrogen) atoms. The van der Waals surface area contributed by atoms with Crippen LogP contribution in [0.15, 0.2) is 0 Å². The summed E-state index contributed by atoms with van der Waals surface area (Å²) in [5.41, 5.74) is 0. The van der Waals surface area contributed by atoms with Gasteiger partial charge in [0.15, 0.2) is 0 Å². The number of nitrogens with zero attached hydrogens (tertiary/aromatic N) is 2. The molecule has 0 aromatic rings. The maximum atomic E-state index is 11.5. The van der Waals surface area contributed by atoms with E-state index < -0.39 is 0 Å². The molecular formula is C11H22N2O2S. The smallest absolute Gasteiger partial charge is 0.232 e. The summed E-state index contributed by atoms with van der Waals surface area (Å²) in [5, 5.41) is 0. The Morgan fingerprint density at radius 2 is 2.12 bits per heavy atom. The number of thioether (sulfide) groups is 1. The van der Waals surface area contributed by atoms with Crippen LogP contribution in [0.1, 0.15) is 6.42 Å². The number of hydrogen-bond acceptors (Lipinski definition) is 4. The summed E-state index contributed by atoms with van der Waals surface area (Å²) < 4.78 is 5.29. The maximum absolute atomic E-state index is 11.5. The molecule has 0 bridgehead atoms. The molecule has 0 spiro atoms. The quantitative estimate of drug-likeness (QED) is 0.684. The minimum atomic E-state index is 0.231. The van der Waals surface area contributed by atoms with Crippen molar-refractivity contribution in [2.45, 2.75) is 6.42 Å². The summed E-state index contributed by atoms with van der Waals surface area (Å²) >= 11 is 1.58. The zero-order valence-corrected chi connectivity index (χ0v) is 11.1. The van der Waals surface area contributed by atoms with Crippen molar-refractivity contribution < 1.29 is 9.53 Å². The molecule has 0 aromatic heterocycles. The summed E-state index contributed by atoms with van der Waals surface area (Å²) in [6.07, 6.45) is 3.01. The highest BCUT2D eigenvalue weighted by Gasteiger charge is 2.11. The molecule has 1 amide bonds. The third-order valence-corrected chi connectivity index (χ3v) is 3.30. The highest BCUT2D eigenvalue weighted by molar-refractivity contribution is 7.99. The van der Waals surface area contributed by atoms with Crippen LogP contribution in [0.3, 0.4) is 0 Å². The van der Waals surface area contributed by atoms with Crippen LogP contribution in [0.25, 0.3) is 0 Å². The van der Waals surface area contributed by atoms with Crippen molar-refractivity contribution in [3.8, 4) is 0 Å². The molecule has 1 aliphatic rings. The lowest BCUT2D eigenvalue weighted by atomic mass is 10.3. The highest BCUT2D eigenvalue weighted by Crippen LogP contribution is 2.00. The van der Waals surface area contributed by atoms with Gasteiger partial charge in [-0.15, -0.1) is 0 Å². The molecule has 0 unspecified atom stereocenters. The normalized spacial score (nSPS) is 17.4. The van der Waals surface area contributed by atoms with Gasteiger partial charge in [-0.3, -0.25) is 9.69 Å². The average Bonchev–Trinajstić information content (AvgIpc) is 2.30. The predicted molar refractivity (Wildman–Crippen MR) is 67.9 cm³/mol. The second kappa shape index (κ2) is 7.92. The zero-order valence-electron chi connectivity index (χ0n) is 10.3. The van der Waals surface area contributed by atoms with Gasteiger partial charge in [-0.2, -0.15) is 11.8 Å². The Hall–Kier alpha value is -0.260. The van der Waals surface area contributed by atoms with Gasteiger partial charge in [0.1, 0.15) is 0 Å². The van der Waals surface area contributed by atoms with Gasteiger partial charge < -0.3 is 9.64 Å². The van der Waals surface area contributed by atoms with Crippen molar-refractivity contribution in [2.24, 2.45) is 0 Å². The van der Waals surface area contributed by atoms with E-state index in [-0.39, 0.29) is 5.91 Å². The highest BCUT2D eigenvalue weighted by atomic mass is 32.2. The van der Waals surface area contributed by atoms with Crippen molar-refractivity contribution in [3.63, 3.8) is 0 Å². The molecule has 0 aromatic carbocycles. The lowest BCUT2D eigenvalue weighted by Crippen LogP contribution is -2.38. The number of rotatable bonds is 6. The first-order valence-corrected chi connectivity index (χ1v) is 7.16. The fourth-order valence-electron chi connectivity index (χ4n) is 1.71. The van der Waals surface area contributed by atoms with Crippen LogP contribution in [-0.4, -0.2) is 74.2 Å². The van der Waals surface area contributed by atoms with Crippen LogP contribution in [-0.2, 0) is 9.53 Å². The van der Waals surface area contributed by atoms with Crippen molar-refractivity contribution in [3.05, 3.63) is 0 Å². The summed E-state index contributed by atoms with van der Waals surface area (Å²) in [4.78, 5) is 15.7. The number of ether oxygens (including phenoxy) is 1. The minimum absolute atomic E-state index is 0.231. The Balaban J connectivity index is 2.07. The van der Waals surface area contributed by atoms with Crippen molar-refractivity contribution in [2.75, 3.05) is 58.4 Å². The fourth-order valence-corrected chi connectivity index (χ4v) is 2.18. The van der Waals surface area contributed by atoms with Crippen LogP contribution < -0.4 is 0 Å². The molecule has 1 fully saturated rings. The van der Waals surface area contributed by atoms with Gasteiger partial charge in [0, 0.05) is 33.2 Å². The SMILES string of the molecule is CSCC(=O)N(C)CCCN1CCOCC1. The minimum Gasteiger partial charge on any atom is -0.379 e. The lowest BCUT2D eigenvalue weighted by molar-refractivity contribution is -0.127. The van der Waals surface area contributed by atoms with Crippen LogP contribution >= 0.6 is 11.8 Å². The fraction of sp³-hybridized carbons (Fsp3) is 0.909. The first kappa shape index (κ1) is 13.8. The largest absolute Gasteiger partial charge is 0.379 e. The molecule has 0 aliphatic carbocycles. The van der Waals surface area contributed by atoms with Crippen LogP contribution in [0.4, 0.5) is 0 Å². The number of amides is 1. The third-order valence-electron chi connectivity index (χ3n) is 2.77. The number of morpholine rings is 1. The van der Waals surface area contributed by atoms with Gasteiger partial charge in [-0.1, -0.05) is 0 Å². The maximum Gasteiger partial charge on any atom is 0.232 e. The second-order valence-corrected chi connectivity index (χ2v) is 4.92. The van der Waals surface area contributed by atoms with Gasteiger partial charge >= 0.3 is 0 Å². The molecule has 94 valence electrons. The van der Waals surface area contributed by atoms with E-state index in [0.29, 0.717) is 5.75 Å². The summed E-state index contributed by atoms with van der Waals surface area (Å²) in [5.74, 6) is 0.822. The summed E-state index contributed by atoms with van der Waals surface area (Å²) in [6, 6.07) is 0. The standard InChI is InChI=1S/C11H22N2O2S/c1-12(11(14)10-16-2)4-3-5-13-6-8-15-9-7-13/h3-10H2,1-2H3. The first-order valence-electron chi connectivity index (χ1n) is 5.77. The first-order chi connectivity index (χ1) is 7.74. The van der Waals surface area contributed by atoms with Gasteiger partial charge in [-0.05, 0) is 12.7 Å². The van der Waals surface area contributed by atoms with Gasteiger partial charge in [0.2, 0.25) is 5.91 Å². The molecule has 0 atom stereocenters. The predicted octanol–water partition coefficient (Wildman–Crippen LogP) is 0.530. The molecule has 0 saturated carbocycles. The van der Waals surface area contributed by atoms with E-state index in [1.807, 2.05) is 18.2 Å². The molecule has 1 rings (SSSR count). The Labute approximate surface area is 102 Å². The molecule has 1 saturated heterocycles. The lowest BCUT2D eigenvalue weighted by Gasteiger charge is -2.27. The number of carbonyl (C=O) groups excluding carboxylic acids is 1. The topological polar surface area (TPSA) is 32.8 Å². The molecule has 1 heterocycles. The Morgan fingerprint density at radius 3 is 2.75 bits per heavy atom. The van der Waals surface area contributed by atoms with Gasteiger partial charge in [0.05, 0.1) is 19.0 Å². The number of hydrogen-bond donors (Lipinski definition) is 0.